The van der Waals surface area contributed by atoms with E-state index in [1.54, 1.807) is 31.6 Å². The van der Waals surface area contributed by atoms with Crippen molar-refractivity contribution in [1.29, 1.82) is 0 Å². The Morgan fingerprint density at radius 2 is 1.82 bits per heavy atom. The highest BCUT2D eigenvalue weighted by molar-refractivity contribution is 9.11. The molecule has 1 aromatic heterocycles. The van der Waals surface area contributed by atoms with Crippen LogP contribution in [-0.4, -0.2) is 21.4 Å². The first-order valence-electron chi connectivity index (χ1n) is 8.56. The van der Waals surface area contributed by atoms with Gasteiger partial charge in [0.2, 0.25) is 0 Å². The van der Waals surface area contributed by atoms with E-state index in [4.69, 9.17) is 4.74 Å². The maximum Gasteiger partial charge on any atom is 0.295 e. The molecule has 1 N–H and O–H groups in total. The molecule has 8 heteroatoms. The number of carbonyl (C=O) groups excluding carboxylic acids is 1. The lowest BCUT2D eigenvalue weighted by atomic mass is 10.3. The highest BCUT2D eigenvalue weighted by Crippen LogP contribution is 2.29. The Bertz CT molecular complexity index is 1070. The molecule has 0 spiro atoms. The van der Waals surface area contributed by atoms with Crippen LogP contribution in [0.25, 0.3) is 5.69 Å². The van der Waals surface area contributed by atoms with Crippen molar-refractivity contribution < 1.29 is 9.53 Å². The molecule has 0 aliphatic heterocycles. The lowest BCUT2D eigenvalue weighted by molar-refractivity contribution is -0.122. The monoisotopic (exact) mass is 507 g/mol. The van der Waals surface area contributed by atoms with Gasteiger partial charge in [0.25, 0.3) is 11.5 Å². The van der Waals surface area contributed by atoms with Crippen LogP contribution in [0.1, 0.15) is 12.6 Å². The number of para-hydroxylation sites is 1. The van der Waals surface area contributed by atoms with E-state index in [1.165, 1.54) is 4.68 Å². The predicted molar refractivity (Wildman–Crippen MR) is 116 cm³/mol. The van der Waals surface area contributed by atoms with Crippen molar-refractivity contribution in [2.75, 3.05) is 5.32 Å². The number of halogens is 2. The zero-order valence-corrected chi connectivity index (χ0v) is 18.7. The molecule has 2 aromatic carbocycles. The smallest absolute Gasteiger partial charge is 0.295 e. The number of rotatable bonds is 5. The SMILES string of the molecule is Cc1c(NC(=O)[C@@H](C)Oc2ccc(Br)cc2Br)c(=O)n(-c2ccccc2)n1C. The number of hydrogen-bond donors (Lipinski definition) is 1. The first-order chi connectivity index (χ1) is 13.3. The van der Waals surface area contributed by atoms with E-state index in [1.807, 2.05) is 42.5 Å². The number of amides is 1. The van der Waals surface area contributed by atoms with Crippen molar-refractivity contribution >= 4 is 43.5 Å². The number of nitrogens with one attached hydrogen (secondary N) is 1. The highest BCUT2D eigenvalue weighted by atomic mass is 79.9. The largest absolute Gasteiger partial charge is 0.480 e. The van der Waals surface area contributed by atoms with Crippen LogP contribution in [0.3, 0.4) is 0 Å². The van der Waals surface area contributed by atoms with Gasteiger partial charge < -0.3 is 10.1 Å². The second-order valence-corrected chi connectivity index (χ2v) is 8.03. The number of aromatic nitrogens is 2. The Morgan fingerprint density at radius 1 is 1.14 bits per heavy atom. The fraction of sp³-hybridized carbons (Fsp3) is 0.200. The van der Waals surface area contributed by atoms with Crippen LogP contribution in [0.4, 0.5) is 5.69 Å². The minimum atomic E-state index is -0.790. The predicted octanol–water partition coefficient (Wildman–Crippen LogP) is 4.42. The van der Waals surface area contributed by atoms with Crippen LogP contribution in [0, 0.1) is 6.92 Å². The maximum absolute atomic E-state index is 12.9. The Labute approximate surface area is 179 Å². The third-order valence-electron chi connectivity index (χ3n) is 4.37. The molecular weight excluding hydrogens is 490 g/mol. The van der Waals surface area contributed by atoms with Crippen molar-refractivity contribution in [2.45, 2.75) is 20.0 Å². The first kappa shape index (κ1) is 20.4. The average Bonchev–Trinajstić information content (AvgIpc) is 2.88. The molecule has 1 heterocycles. The van der Waals surface area contributed by atoms with Gasteiger partial charge >= 0.3 is 0 Å². The summed E-state index contributed by atoms with van der Waals surface area (Å²) in [7, 11) is 1.78. The standard InChI is InChI=1S/C20H19Br2N3O3/c1-12-18(20(27)25(24(12)3)15-7-5-4-6-8-15)23-19(26)13(2)28-17-10-9-14(21)11-16(17)22/h4-11,13H,1-3H3,(H,23,26)/t13-/m1/s1. The van der Waals surface area contributed by atoms with E-state index in [0.29, 0.717) is 11.4 Å². The second-order valence-electron chi connectivity index (χ2n) is 6.26. The van der Waals surface area contributed by atoms with Gasteiger partial charge in [-0.3, -0.25) is 14.3 Å². The molecule has 0 radical (unpaired) electrons. The Morgan fingerprint density at radius 3 is 2.46 bits per heavy atom. The summed E-state index contributed by atoms with van der Waals surface area (Å²) in [6.07, 6.45) is -0.790. The molecule has 0 fully saturated rings. The molecule has 0 aliphatic carbocycles. The second kappa shape index (κ2) is 8.36. The van der Waals surface area contributed by atoms with Gasteiger partial charge in [-0.05, 0) is 60.1 Å². The number of benzene rings is 2. The van der Waals surface area contributed by atoms with Crippen molar-refractivity contribution in [1.82, 2.24) is 9.36 Å². The quantitative estimate of drug-likeness (QED) is 0.555. The van der Waals surface area contributed by atoms with Crippen LogP contribution in [0.2, 0.25) is 0 Å². The van der Waals surface area contributed by atoms with Gasteiger partial charge in [-0.1, -0.05) is 34.1 Å². The number of carbonyl (C=O) groups is 1. The van der Waals surface area contributed by atoms with Gasteiger partial charge in [-0.25, -0.2) is 4.68 Å². The van der Waals surface area contributed by atoms with E-state index in [9.17, 15) is 9.59 Å². The van der Waals surface area contributed by atoms with E-state index in [-0.39, 0.29) is 11.2 Å². The van der Waals surface area contributed by atoms with Gasteiger partial charge in [0, 0.05) is 11.5 Å². The molecule has 0 aliphatic rings. The van der Waals surface area contributed by atoms with Crippen LogP contribution in [0.15, 0.2) is 62.3 Å². The minimum absolute atomic E-state index is 0.238. The number of nitrogens with zero attached hydrogens (tertiary/aromatic N) is 2. The van der Waals surface area contributed by atoms with Crippen LogP contribution in [-0.2, 0) is 11.8 Å². The molecule has 28 heavy (non-hydrogen) atoms. The van der Waals surface area contributed by atoms with Gasteiger partial charge in [0.1, 0.15) is 11.4 Å². The average molecular weight is 509 g/mol. The third kappa shape index (κ3) is 4.07. The molecule has 0 unspecified atom stereocenters. The summed E-state index contributed by atoms with van der Waals surface area (Å²) in [5, 5.41) is 2.72. The van der Waals surface area contributed by atoms with Crippen LogP contribution >= 0.6 is 31.9 Å². The topological polar surface area (TPSA) is 65.3 Å². The summed E-state index contributed by atoms with van der Waals surface area (Å²) in [5.74, 6) is 0.137. The van der Waals surface area contributed by atoms with Gasteiger partial charge in [-0.2, -0.15) is 0 Å². The van der Waals surface area contributed by atoms with Gasteiger partial charge in [0.15, 0.2) is 6.10 Å². The summed E-state index contributed by atoms with van der Waals surface area (Å²) < 4.78 is 10.6. The number of anilines is 1. The molecular formula is C20H19Br2N3O3. The molecule has 0 bridgehead atoms. The van der Waals surface area contributed by atoms with Crippen molar-refractivity contribution in [3.8, 4) is 11.4 Å². The summed E-state index contributed by atoms with van der Waals surface area (Å²) in [5.41, 5.74) is 1.32. The number of hydrogen-bond acceptors (Lipinski definition) is 3. The van der Waals surface area contributed by atoms with Crippen molar-refractivity contribution in [3.05, 3.63) is 73.5 Å². The van der Waals surface area contributed by atoms with E-state index >= 15 is 0 Å². The van der Waals surface area contributed by atoms with E-state index < -0.39 is 12.0 Å². The van der Waals surface area contributed by atoms with E-state index in [2.05, 4.69) is 37.2 Å². The molecule has 1 amide bonds. The van der Waals surface area contributed by atoms with Gasteiger partial charge in [0.05, 0.1) is 15.9 Å². The van der Waals surface area contributed by atoms with Crippen LogP contribution < -0.4 is 15.6 Å². The normalized spacial score (nSPS) is 11.9. The first-order valence-corrected chi connectivity index (χ1v) is 10.1. The third-order valence-corrected chi connectivity index (χ3v) is 5.48. The van der Waals surface area contributed by atoms with Crippen molar-refractivity contribution in [3.63, 3.8) is 0 Å². The lowest BCUT2D eigenvalue weighted by Crippen LogP contribution is -2.32. The van der Waals surface area contributed by atoms with Crippen LogP contribution in [0.5, 0.6) is 5.75 Å². The minimum Gasteiger partial charge on any atom is -0.480 e. The molecule has 0 saturated heterocycles. The highest BCUT2D eigenvalue weighted by Gasteiger charge is 2.22. The molecule has 3 rings (SSSR count). The Balaban J connectivity index is 1.83. The molecule has 0 saturated carbocycles. The Kier molecular flexibility index (Phi) is 6.10. The van der Waals surface area contributed by atoms with Gasteiger partial charge in [-0.15, -0.1) is 0 Å². The van der Waals surface area contributed by atoms with Crippen molar-refractivity contribution in [2.24, 2.45) is 7.05 Å². The maximum atomic E-state index is 12.9. The Hall–Kier alpha value is -2.32. The zero-order valence-electron chi connectivity index (χ0n) is 15.6. The molecule has 1 atom stereocenters. The fourth-order valence-corrected chi connectivity index (χ4v) is 3.89. The molecule has 146 valence electrons. The zero-order chi connectivity index (χ0) is 20.4. The number of ether oxygens (including phenoxy) is 1. The fourth-order valence-electron chi connectivity index (χ4n) is 2.75. The molecule has 6 nitrogen and oxygen atoms in total. The summed E-state index contributed by atoms with van der Waals surface area (Å²) in [4.78, 5) is 25.5. The van der Waals surface area contributed by atoms with E-state index in [0.717, 1.165) is 14.6 Å². The summed E-state index contributed by atoms with van der Waals surface area (Å²) >= 11 is 6.79. The lowest BCUT2D eigenvalue weighted by Gasteiger charge is -2.15. The summed E-state index contributed by atoms with van der Waals surface area (Å²) in [6.45, 7) is 3.42. The summed E-state index contributed by atoms with van der Waals surface area (Å²) in [6, 6.07) is 14.7. The molecule has 3 aromatic rings.